The van der Waals surface area contributed by atoms with Crippen LogP contribution in [0, 0.1) is 0 Å². The van der Waals surface area contributed by atoms with Crippen LogP contribution in [-0.4, -0.2) is 37.3 Å². The Kier molecular flexibility index (Phi) is 4.70. The maximum absolute atomic E-state index is 12.0. The molecule has 0 aliphatic carbocycles. The van der Waals surface area contributed by atoms with Gasteiger partial charge in [-0.1, -0.05) is 0 Å². The Morgan fingerprint density at radius 3 is 2.84 bits per heavy atom. The van der Waals surface area contributed by atoms with Crippen molar-refractivity contribution >= 4 is 11.6 Å². The van der Waals surface area contributed by atoms with Crippen molar-refractivity contribution in [3.8, 4) is 0 Å². The molecule has 19 heavy (non-hydrogen) atoms. The lowest BCUT2D eigenvalue weighted by Crippen LogP contribution is -2.29. The third-order valence-electron chi connectivity index (χ3n) is 3.15. The fourth-order valence-electron chi connectivity index (χ4n) is 2.20. The summed E-state index contributed by atoms with van der Waals surface area (Å²) in [7, 11) is 1.70. The minimum absolute atomic E-state index is 0.0887. The van der Waals surface area contributed by atoms with E-state index < -0.39 is 0 Å². The molecule has 104 valence electrons. The van der Waals surface area contributed by atoms with E-state index in [1.807, 2.05) is 0 Å². The van der Waals surface area contributed by atoms with Crippen molar-refractivity contribution < 1.29 is 9.53 Å². The van der Waals surface area contributed by atoms with Crippen molar-refractivity contribution in [2.45, 2.75) is 18.9 Å². The molecule has 0 unspecified atom stereocenters. The number of rotatable bonds is 4. The first kappa shape index (κ1) is 13.8. The number of aromatic nitrogens is 1. The molecule has 1 aliphatic heterocycles. The van der Waals surface area contributed by atoms with E-state index >= 15 is 0 Å². The van der Waals surface area contributed by atoms with E-state index in [0.29, 0.717) is 18.9 Å². The number of anilines is 1. The number of carbonyl (C=O) groups is 1. The third-order valence-corrected chi connectivity index (χ3v) is 3.15. The van der Waals surface area contributed by atoms with Gasteiger partial charge in [-0.2, -0.15) is 0 Å². The van der Waals surface area contributed by atoms with Gasteiger partial charge in [-0.3, -0.25) is 9.59 Å². The summed E-state index contributed by atoms with van der Waals surface area (Å²) in [6.07, 6.45) is 3.45. The summed E-state index contributed by atoms with van der Waals surface area (Å²) in [6.45, 7) is 1.61. The average molecular weight is 265 g/mol. The lowest BCUT2D eigenvalue weighted by Gasteiger charge is -2.24. The number of pyridine rings is 1. The number of amides is 1. The Bertz CT molecular complexity index is 492. The topological polar surface area (TPSA) is 72.4 Å². The van der Waals surface area contributed by atoms with Gasteiger partial charge in [0.2, 0.25) is 5.91 Å². The molecule has 2 N–H and O–H groups in total. The Morgan fingerprint density at radius 1 is 1.47 bits per heavy atom. The molecule has 0 bridgehead atoms. The summed E-state index contributed by atoms with van der Waals surface area (Å²) < 4.78 is 7.00. The van der Waals surface area contributed by atoms with Crippen LogP contribution in [0.4, 0.5) is 5.69 Å². The van der Waals surface area contributed by atoms with E-state index in [9.17, 15) is 9.59 Å². The smallest absolute Gasteiger partial charge is 0.252 e. The highest BCUT2D eigenvalue weighted by molar-refractivity contribution is 5.92. The lowest BCUT2D eigenvalue weighted by molar-refractivity contribution is -0.115. The summed E-state index contributed by atoms with van der Waals surface area (Å²) in [4.78, 5) is 23.4. The number of hydrogen-bond donors (Lipinski definition) is 2. The van der Waals surface area contributed by atoms with Crippen LogP contribution in [0.25, 0.3) is 0 Å². The average Bonchev–Trinajstić information content (AvgIpc) is 2.40. The summed E-state index contributed by atoms with van der Waals surface area (Å²) in [6, 6.07) is 3.41. The van der Waals surface area contributed by atoms with Crippen molar-refractivity contribution in [3.05, 3.63) is 28.7 Å². The van der Waals surface area contributed by atoms with Crippen LogP contribution in [0.5, 0.6) is 0 Å². The van der Waals surface area contributed by atoms with E-state index in [0.717, 1.165) is 12.8 Å². The van der Waals surface area contributed by atoms with E-state index in [-0.39, 0.29) is 24.1 Å². The van der Waals surface area contributed by atoms with Gasteiger partial charge >= 0.3 is 0 Å². The van der Waals surface area contributed by atoms with Crippen molar-refractivity contribution in [1.82, 2.24) is 9.88 Å². The molecule has 2 heterocycles. The van der Waals surface area contributed by atoms with Gasteiger partial charge in [-0.05, 0) is 26.0 Å². The monoisotopic (exact) mass is 265 g/mol. The fraction of sp³-hybridized carbons (Fsp3) is 0.538. The molecule has 1 amide bonds. The van der Waals surface area contributed by atoms with Gasteiger partial charge in [-0.15, -0.1) is 0 Å². The molecular weight excluding hydrogens is 246 g/mol. The maximum atomic E-state index is 12.0. The molecule has 2 rings (SSSR count). The van der Waals surface area contributed by atoms with E-state index in [4.69, 9.17) is 4.74 Å². The molecule has 1 aromatic heterocycles. The normalized spacial score (nSPS) is 16.3. The zero-order chi connectivity index (χ0) is 13.7. The molecule has 0 saturated carbocycles. The van der Waals surface area contributed by atoms with Crippen molar-refractivity contribution in [2.24, 2.45) is 0 Å². The maximum Gasteiger partial charge on any atom is 0.252 e. The minimum Gasteiger partial charge on any atom is -0.381 e. The quantitative estimate of drug-likeness (QED) is 0.824. The van der Waals surface area contributed by atoms with E-state index in [1.165, 1.54) is 6.07 Å². The molecule has 6 nitrogen and oxygen atoms in total. The lowest BCUT2D eigenvalue weighted by atomic mass is 10.1. The molecule has 1 fully saturated rings. The van der Waals surface area contributed by atoms with Crippen LogP contribution in [-0.2, 0) is 9.53 Å². The first-order chi connectivity index (χ1) is 9.20. The molecule has 0 spiro atoms. The first-order valence-electron chi connectivity index (χ1n) is 6.45. The van der Waals surface area contributed by atoms with Gasteiger partial charge in [0.15, 0.2) is 0 Å². The number of carbonyl (C=O) groups excluding carboxylic acids is 1. The van der Waals surface area contributed by atoms with Gasteiger partial charge in [0.1, 0.15) is 0 Å². The number of likely N-dealkylation sites (N-methyl/N-ethyl adjacent to an activating group) is 1. The molecule has 1 aliphatic rings. The highest BCUT2D eigenvalue weighted by atomic mass is 16.5. The number of ether oxygens (including phenoxy) is 1. The Labute approximate surface area is 111 Å². The fourth-order valence-corrected chi connectivity index (χ4v) is 2.20. The predicted octanol–water partition coefficient (Wildman–Crippen LogP) is 0.358. The molecule has 0 atom stereocenters. The standard InChI is InChI=1S/C13H19N3O3/c1-14-9-12(17)15-10-2-5-16(13(18)8-10)11-3-6-19-7-4-11/h2,5,8,11,14H,3-4,6-7,9H2,1H3,(H,15,17). The van der Waals surface area contributed by atoms with Crippen LogP contribution in [0.15, 0.2) is 23.1 Å². The number of nitrogens with one attached hydrogen (secondary N) is 2. The summed E-state index contributed by atoms with van der Waals surface area (Å²) in [5, 5.41) is 5.43. The van der Waals surface area contributed by atoms with Crippen LogP contribution < -0.4 is 16.2 Å². The predicted molar refractivity (Wildman–Crippen MR) is 72.3 cm³/mol. The van der Waals surface area contributed by atoms with Gasteiger partial charge in [0, 0.05) is 37.2 Å². The third kappa shape index (κ3) is 3.65. The number of hydrogen-bond acceptors (Lipinski definition) is 4. The van der Waals surface area contributed by atoms with Gasteiger partial charge in [-0.25, -0.2) is 0 Å². The summed E-state index contributed by atoms with van der Waals surface area (Å²) >= 11 is 0. The Balaban J connectivity index is 2.08. The van der Waals surface area contributed by atoms with Crippen molar-refractivity contribution in [3.63, 3.8) is 0 Å². The number of nitrogens with zero attached hydrogens (tertiary/aromatic N) is 1. The second kappa shape index (κ2) is 6.49. The summed E-state index contributed by atoms with van der Waals surface area (Å²) in [5.74, 6) is -0.161. The highest BCUT2D eigenvalue weighted by Gasteiger charge is 2.16. The second-order valence-corrected chi connectivity index (χ2v) is 4.58. The molecule has 1 saturated heterocycles. The summed E-state index contributed by atoms with van der Waals surface area (Å²) in [5.41, 5.74) is 0.447. The minimum atomic E-state index is -0.161. The van der Waals surface area contributed by atoms with Gasteiger partial charge in [0.25, 0.3) is 5.56 Å². The molecule has 6 heteroatoms. The first-order valence-corrected chi connectivity index (χ1v) is 6.45. The Hall–Kier alpha value is -1.66. The highest BCUT2D eigenvalue weighted by Crippen LogP contribution is 2.19. The van der Waals surface area contributed by atoms with Gasteiger partial charge in [0.05, 0.1) is 6.54 Å². The molecule has 1 aromatic rings. The van der Waals surface area contributed by atoms with Crippen LogP contribution >= 0.6 is 0 Å². The molecule has 0 aromatic carbocycles. The second-order valence-electron chi connectivity index (χ2n) is 4.58. The Morgan fingerprint density at radius 2 is 2.21 bits per heavy atom. The van der Waals surface area contributed by atoms with Crippen molar-refractivity contribution in [2.75, 3.05) is 32.1 Å². The van der Waals surface area contributed by atoms with Gasteiger partial charge < -0.3 is 19.9 Å². The van der Waals surface area contributed by atoms with Crippen LogP contribution in [0.1, 0.15) is 18.9 Å². The largest absolute Gasteiger partial charge is 0.381 e. The van der Waals surface area contributed by atoms with Crippen LogP contribution in [0.3, 0.4) is 0 Å². The van der Waals surface area contributed by atoms with Crippen molar-refractivity contribution in [1.29, 1.82) is 0 Å². The molecular formula is C13H19N3O3. The SMILES string of the molecule is CNCC(=O)Nc1ccn(C2CCOCC2)c(=O)c1. The molecule has 0 radical (unpaired) electrons. The zero-order valence-electron chi connectivity index (χ0n) is 11.0. The van der Waals surface area contributed by atoms with E-state index in [2.05, 4.69) is 10.6 Å². The zero-order valence-corrected chi connectivity index (χ0v) is 11.0. The van der Waals surface area contributed by atoms with Crippen LogP contribution in [0.2, 0.25) is 0 Å². The van der Waals surface area contributed by atoms with E-state index in [1.54, 1.807) is 23.9 Å².